The fourth-order valence-electron chi connectivity index (χ4n) is 5.25. The molecule has 216 valence electrons. The standard InChI is InChI=1S/C29H37F3N6O2/c1-15(2)11-23(39)35-26-22(30)13-20(24(31)25(26)32)21-12-17-14-33-29(36-27(17)38(16(3)4)28(21)40)34-18-7-9-19(10-8-18)37(5)6/h12-16,18-19H,7-11H2,1-6H3,(H,35,39)(H,33,34,36). The van der Waals surface area contributed by atoms with E-state index in [1.54, 1.807) is 27.7 Å². The van der Waals surface area contributed by atoms with Crippen LogP contribution in [0.15, 0.2) is 23.1 Å². The SMILES string of the molecule is CC(C)CC(=O)Nc1c(F)cc(-c2cc3cnc(NC4CCC(N(C)C)CC4)nc3n(C(C)C)c2=O)c(F)c1F. The Labute approximate surface area is 232 Å². The number of hydrogen-bond donors (Lipinski definition) is 2. The summed E-state index contributed by atoms with van der Waals surface area (Å²) in [6.45, 7) is 7.09. The number of pyridine rings is 1. The highest BCUT2D eigenvalue weighted by atomic mass is 19.2. The molecule has 1 aliphatic rings. The number of rotatable bonds is 8. The van der Waals surface area contributed by atoms with Crippen LogP contribution >= 0.6 is 0 Å². The fraction of sp³-hybridized carbons (Fsp3) is 0.517. The molecule has 0 spiro atoms. The van der Waals surface area contributed by atoms with Crippen molar-refractivity contribution in [3.63, 3.8) is 0 Å². The lowest BCUT2D eigenvalue weighted by molar-refractivity contribution is -0.116. The molecule has 3 aromatic rings. The minimum absolute atomic E-state index is 0.0141. The zero-order valence-corrected chi connectivity index (χ0v) is 23.8. The third-order valence-corrected chi connectivity index (χ3v) is 7.36. The van der Waals surface area contributed by atoms with Gasteiger partial charge in [-0.25, -0.2) is 18.2 Å². The molecule has 1 aliphatic carbocycles. The summed E-state index contributed by atoms with van der Waals surface area (Å²) in [7, 11) is 4.16. The van der Waals surface area contributed by atoms with Gasteiger partial charge in [-0.15, -0.1) is 0 Å². The molecule has 0 atom stereocenters. The van der Waals surface area contributed by atoms with Gasteiger partial charge >= 0.3 is 0 Å². The molecular weight excluding hydrogens is 521 g/mol. The van der Waals surface area contributed by atoms with E-state index in [4.69, 9.17) is 0 Å². The summed E-state index contributed by atoms with van der Waals surface area (Å²) in [5, 5.41) is 5.90. The van der Waals surface area contributed by atoms with Crippen molar-refractivity contribution in [3.05, 3.63) is 46.1 Å². The van der Waals surface area contributed by atoms with Gasteiger partial charge in [-0.1, -0.05) is 13.8 Å². The summed E-state index contributed by atoms with van der Waals surface area (Å²) >= 11 is 0. The van der Waals surface area contributed by atoms with Crippen LogP contribution in [0, 0.1) is 23.4 Å². The summed E-state index contributed by atoms with van der Waals surface area (Å²) in [5.74, 6) is -4.49. The number of halogens is 3. The van der Waals surface area contributed by atoms with Crippen LogP contribution in [-0.4, -0.2) is 51.5 Å². The fourth-order valence-corrected chi connectivity index (χ4v) is 5.25. The highest BCUT2D eigenvalue weighted by molar-refractivity contribution is 5.91. The molecule has 0 unspecified atom stereocenters. The Morgan fingerprint density at radius 3 is 2.33 bits per heavy atom. The molecule has 1 amide bonds. The second-order valence-electron chi connectivity index (χ2n) is 11.5. The Morgan fingerprint density at radius 2 is 1.73 bits per heavy atom. The number of benzene rings is 1. The number of aromatic nitrogens is 3. The first-order valence-corrected chi connectivity index (χ1v) is 13.7. The zero-order chi connectivity index (χ0) is 29.3. The number of hydrogen-bond acceptors (Lipinski definition) is 6. The van der Waals surface area contributed by atoms with Crippen molar-refractivity contribution < 1.29 is 18.0 Å². The van der Waals surface area contributed by atoms with Crippen molar-refractivity contribution in [2.45, 2.75) is 77.9 Å². The van der Waals surface area contributed by atoms with Gasteiger partial charge in [-0.3, -0.25) is 14.2 Å². The van der Waals surface area contributed by atoms with E-state index < -0.39 is 40.2 Å². The van der Waals surface area contributed by atoms with Gasteiger partial charge in [-0.05, 0) is 71.7 Å². The number of fused-ring (bicyclic) bond motifs is 1. The lowest BCUT2D eigenvalue weighted by atomic mass is 9.91. The Morgan fingerprint density at radius 1 is 1.05 bits per heavy atom. The van der Waals surface area contributed by atoms with E-state index in [0.29, 0.717) is 23.0 Å². The quantitative estimate of drug-likeness (QED) is 0.344. The third-order valence-electron chi connectivity index (χ3n) is 7.36. The van der Waals surface area contributed by atoms with Crippen LogP contribution < -0.4 is 16.2 Å². The first-order valence-electron chi connectivity index (χ1n) is 13.7. The van der Waals surface area contributed by atoms with Crippen LogP contribution in [0.25, 0.3) is 22.2 Å². The molecule has 4 rings (SSSR count). The van der Waals surface area contributed by atoms with Gasteiger partial charge < -0.3 is 15.5 Å². The summed E-state index contributed by atoms with van der Waals surface area (Å²) in [6.07, 6.45) is 5.56. The molecule has 1 aromatic carbocycles. The summed E-state index contributed by atoms with van der Waals surface area (Å²) < 4.78 is 46.6. The van der Waals surface area contributed by atoms with E-state index in [0.717, 1.165) is 31.7 Å². The Bertz CT molecular complexity index is 1460. The lowest BCUT2D eigenvalue weighted by Gasteiger charge is -2.33. The number of anilines is 2. The molecule has 2 aromatic heterocycles. The summed E-state index contributed by atoms with van der Waals surface area (Å²) in [4.78, 5) is 36.9. The Kier molecular flexibility index (Phi) is 8.82. The molecule has 0 saturated heterocycles. The topological polar surface area (TPSA) is 92.2 Å². The predicted octanol–water partition coefficient (Wildman–Crippen LogP) is 5.73. The van der Waals surface area contributed by atoms with Crippen molar-refractivity contribution in [2.24, 2.45) is 5.92 Å². The largest absolute Gasteiger partial charge is 0.351 e. The van der Waals surface area contributed by atoms with E-state index in [1.807, 2.05) is 0 Å². The van der Waals surface area contributed by atoms with Crippen LogP contribution in [0.4, 0.5) is 24.8 Å². The van der Waals surface area contributed by atoms with Gasteiger partial charge in [0, 0.05) is 41.7 Å². The van der Waals surface area contributed by atoms with Crippen LogP contribution in [0.3, 0.4) is 0 Å². The van der Waals surface area contributed by atoms with Crippen molar-refractivity contribution in [1.29, 1.82) is 0 Å². The van der Waals surface area contributed by atoms with Gasteiger partial charge in [-0.2, -0.15) is 4.98 Å². The number of carbonyl (C=O) groups excluding carboxylic acids is 1. The lowest BCUT2D eigenvalue weighted by Crippen LogP contribution is -2.36. The van der Waals surface area contributed by atoms with Gasteiger partial charge in [0.2, 0.25) is 11.9 Å². The molecule has 0 bridgehead atoms. The summed E-state index contributed by atoms with van der Waals surface area (Å²) in [6, 6.07) is 2.43. The van der Waals surface area contributed by atoms with Crippen molar-refractivity contribution in [1.82, 2.24) is 19.4 Å². The van der Waals surface area contributed by atoms with Gasteiger partial charge in [0.25, 0.3) is 5.56 Å². The monoisotopic (exact) mass is 558 g/mol. The highest BCUT2D eigenvalue weighted by Crippen LogP contribution is 2.32. The first kappa shape index (κ1) is 29.5. The molecule has 40 heavy (non-hydrogen) atoms. The minimum Gasteiger partial charge on any atom is -0.351 e. The maximum Gasteiger partial charge on any atom is 0.260 e. The van der Waals surface area contributed by atoms with Crippen molar-refractivity contribution in [3.8, 4) is 11.1 Å². The first-order chi connectivity index (χ1) is 18.9. The Balaban J connectivity index is 1.71. The van der Waals surface area contributed by atoms with E-state index in [1.165, 1.54) is 16.8 Å². The molecule has 0 radical (unpaired) electrons. The minimum atomic E-state index is -1.57. The molecule has 0 aliphatic heterocycles. The molecule has 2 heterocycles. The normalized spacial score (nSPS) is 17.7. The molecule has 11 heteroatoms. The van der Waals surface area contributed by atoms with E-state index >= 15 is 4.39 Å². The maximum absolute atomic E-state index is 15.3. The van der Waals surface area contributed by atoms with Gasteiger partial charge in [0.1, 0.15) is 11.3 Å². The number of nitrogens with one attached hydrogen (secondary N) is 2. The molecule has 8 nitrogen and oxygen atoms in total. The van der Waals surface area contributed by atoms with Gasteiger partial charge in [0.15, 0.2) is 17.5 Å². The molecule has 1 saturated carbocycles. The maximum atomic E-state index is 15.3. The zero-order valence-electron chi connectivity index (χ0n) is 23.8. The highest BCUT2D eigenvalue weighted by Gasteiger charge is 2.26. The van der Waals surface area contributed by atoms with Crippen molar-refractivity contribution >= 4 is 28.6 Å². The van der Waals surface area contributed by atoms with Gasteiger partial charge in [0.05, 0.1) is 5.56 Å². The number of amides is 1. The van der Waals surface area contributed by atoms with Crippen LogP contribution in [0.5, 0.6) is 0 Å². The summed E-state index contributed by atoms with van der Waals surface area (Å²) in [5.41, 5.74) is -1.97. The molecule has 1 fully saturated rings. The van der Waals surface area contributed by atoms with E-state index in [9.17, 15) is 18.4 Å². The van der Waals surface area contributed by atoms with E-state index in [-0.39, 0.29) is 30.0 Å². The Hall–Kier alpha value is -3.47. The molecular formula is C29H37F3N6O2. The molecule has 2 N–H and O–H groups in total. The predicted molar refractivity (Wildman–Crippen MR) is 151 cm³/mol. The average molecular weight is 559 g/mol. The van der Waals surface area contributed by atoms with E-state index in [2.05, 4.69) is 39.6 Å². The number of nitrogens with zero attached hydrogens (tertiary/aromatic N) is 4. The second-order valence-corrected chi connectivity index (χ2v) is 11.5. The van der Waals surface area contributed by atoms with Crippen LogP contribution in [0.2, 0.25) is 0 Å². The number of carbonyl (C=O) groups is 1. The van der Waals surface area contributed by atoms with Crippen LogP contribution in [0.1, 0.15) is 65.8 Å². The van der Waals surface area contributed by atoms with Crippen molar-refractivity contribution in [2.75, 3.05) is 24.7 Å². The third kappa shape index (κ3) is 6.14. The smallest absolute Gasteiger partial charge is 0.260 e. The average Bonchev–Trinajstić information content (AvgIpc) is 2.88. The second kappa shape index (κ2) is 12.0. The van der Waals surface area contributed by atoms with Crippen LogP contribution in [-0.2, 0) is 4.79 Å².